The van der Waals surface area contributed by atoms with Crippen LogP contribution in [0.25, 0.3) is 0 Å². The van der Waals surface area contributed by atoms with Crippen molar-refractivity contribution in [2.75, 3.05) is 0 Å². The van der Waals surface area contributed by atoms with E-state index < -0.39 is 0 Å². The highest BCUT2D eigenvalue weighted by atomic mass is 16.5. The van der Waals surface area contributed by atoms with Gasteiger partial charge in [0.25, 0.3) is 0 Å². The molecule has 1 unspecified atom stereocenters. The molecule has 0 heterocycles. The number of rotatable bonds is 6. The van der Waals surface area contributed by atoms with Gasteiger partial charge >= 0.3 is 5.97 Å². The fourth-order valence-corrected chi connectivity index (χ4v) is 3.36. The van der Waals surface area contributed by atoms with E-state index in [1.54, 1.807) is 0 Å². The van der Waals surface area contributed by atoms with E-state index in [2.05, 4.69) is 6.92 Å². The maximum Gasteiger partial charge on any atom is 0.308 e. The molecule has 0 aromatic carbocycles. The summed E-state index contributed by atoms with van der Waals surface area (Å²) in [5.41, 5.74) is 0. The molecule has 0 radical (unpaired) electrons. The lowest BCUT2D eigenvalue weighted by Crippen LogP contribution is -2.28. The van der Waals surface area contributed by atoms with Crippen LogP contribution in [0.5, 0.6) is 0 Å². The van der Waals surface area contributed by atoms with Gasteiger partial charge in [0.2, 0.25) is 0 Å². The molecule has 0 saturated heterocycles. The van der Waals surface area contributed by atoms with Crippen molar-refractivity contribution >= 4 is 5.97 Å². The van der Waals surface area contributed by atoms with Crippen LogP contribution in [0.2, 0.25) is 0 Å². The van der Waals surface area contributed by atoms with Gasteiger partial charge in [0.1, 0.15) is 6.10 Å². The summed E-state index contributed by atoms with van der Waals surface area (Å²) in [5, 5.41) is 0. The van der Waals surface area contributed by atoms with Crippen LogP contribution in [0.15, 0.2) is 0 Å². The molecule has 3 heteroatoms. The van der Waals surface area contributed by atoms with Gasteiger partial charge in [-0.25, -0.2) is 0 Å². The molecule has 2 aliphatic carbocycles. The first-order chi connectivity index (χ1) is 9.78. The van der Waals surface area contributed by atoms with E-state index in [-0.39, 0.29) is 18.2 Å². The Bertz CT molecular complexity index is 278. The third-order valence-corrected chi connectivity index (χ3v) is 4.64. The summed E-state index contributed by atoms with van der Waals surface area (Å²) >= 11 is 0. The first-order valence-corrected chi connectivity index (χ1v) is 8.63. The number of hydrogen-bond donors (Lipinski definition) is 0. The van der Waals surface area contributed by atoms with Crippen molar-refractivity contribution in [1.82, 2.24) is 0 Å². The van der Waals surface area contributed by atoms with Gasteiger partial charge in [0, 0.05) is 0 Å². The zero-order valence-corrected chi connectivity index (χ0v) is 12.9. The Hall–Kier alpha value is -0.570. The molecule has 0 aromatic heterocycles. The van der Waals surface area contributed by atoms with Crippen molar-refractivity contribution in [3.8, 4) is 0 Å². The molecule has 3 nitrogen and oxygen atoms in total. The molecule has 2 rings (SSSR count). The van der Waals surface area contributed by atoms with E-state index in [9.17, 15) is 4.79 Å². The lowest BCUT2D eigenvalue weighted by molar-refractivity contribution is -0.155. The summed E-state index contributed by atoms with van der Waals surface area (Å²) in [6.07, 6.45) is 13.9. The van der Waals surface area contributed by atoms with Gasteiger partial charge in [-0.1, -0.05) is 32.6 Å². The SMILES string of the molecule is CCC(CC(=O)OC1CCCCC1)OC1CCCCC1. The second-order valence-electron chi connectivity index (χ2n) is 6.38. The molecule has 116 valence electrons. The van der Waals surface area contributed by atoms with Crippen LogP contribution in [0.1, 0.15) is 84.0 Å². The fourth-order valence-electron chi connectivity index (χ4n) is 3.36. The van der Waals surface area contributed by atoms with Crippen molar-refractivity contribution in [1.29, 1.82) is 0 Å². The monoisotopic (exact) mass is 282 g/mol. The van der Waals surface area contributed by atoms with Gasteiger partial charge in [-0.05, 0) is 44.9 Å². The summed E-state index contributed by atoms with van der Waals surface area (Å²) in [6, 6.07) is 0. The average molecular weight is 282 g/mol. The minimum absolute atomic E-state index is 0.0502. The Balaban J connectivity index is 1.69. The predicted octanol–water partition coefficient (Wildman–Crippen LogP) is 4.38. The molecule has 0 bridgehead atoms. The molecule has 0 N–H and O–H groups in total. The van der Waals surface area contributed by atoms with E-state index in [1.807, 2.05) is 0 Å². The molecule has 0 aliphatic heterocycles. The Morgan fingerprint density at radius 2 is 1.50 bits per heavy atom. The third kappa shape index (κ3) is 5.43. The van der Waals surface area contributed by atoms with Gasteiger partial charge in [0.05, 0.1) is 18.6 Å². The maximum absolute atomic E-state index is 12.0. The highest BCUT2D eigenvalue weighted by Gasteiger charge is 2.23. The largest absolute Gasteiger partial charge is 0.462 e. The Morgan fingerprint density at radius 3 is 2.05 bits per heavy atom. The van der Waals surface area contributed by atoms with Crippen LogP contribution < -0.4 is 0 Å². The van der Waals surface area contributed by atoms with Crippen LogP contribution in [0.3, 0.4) is 0 Å². The van der Waals surface area contributed by atoms with Gasteiger partial charge in [-0.2, -0.15) is 0 Å². The van der Waals surface area contributed by atoms with Crippen LogP contribution in [0.4, 0.5) is 0 Å². The van der Waals surface area contributed by atoms with Crippen molar-refractivity contribution in [2.45, 2.75) is 102 Å². The Labute approximate surface area is 123 Å². The average Bonchev–Trinajstić information content (AvgIpc) is 2.48. The van der Waals surface area contributed by atoms with Gasteiger partial charge in [-0.15, -0.1) is 0 Å². The first-order valence-electron chi connectivity index (χ1n) is 8.63. The zero-order valence-electron chi connectivity index (χ0n) is 12.9. The minimum atomic E-state index is -0.0560. The lowest BCUT2D eigenvalue weighted by Gasteiger charge is -2.27. The molecule has 0 amide bonds. The van der Waals surface area contributed by atoms with Gasteiger partial charge < -0.3 is 9.47 Å². The fraction of sp³-hybridized carbons (Fsp3) is 0.941. The smallest absolute Gasteiger partial charge is 0.308 e. The molecular weight excluding hydrogens is 252 g/mol. The summed E-state index contributed by atoms with van der Waals surface area (Å²) in [5.74, 6) is -0.0560. The van der Waals surface area contributed by atoms with Crippen LogP contribution in [-0.4, -0.2) is 24.3 Å². The van der Waals surface area contributed by atoms with Crippen molar-refractivity contribution < 1.29 is 14.3 Å². The molecule has 2 saturated carbocycles. The van der Waals surface area contributed by atoms with Gasteiger partial charge in [0.15, 0.2) is 0 Å². The van der Waals surface area contributed by atoms with Crippen LogP contribution >= 0.6 is 0 Å². The van der Waals surface area contributed by atoms with Crippen LogP contribution in [0, 0.1) is 0 Å². The summed E-state index contributed by atoms with van der Waals surface area (Å²) < 4.78 is 11.7. The summed E-state index contributed by atoms with van der Waals surface area (Å²) in [6.45, 7) is 2.10. The van der Waals surface area contributed by atoms with Gasteiger partial charge in [-0.3, -0.25) is 4.79 Å². The van der Waals surface area contributed by atoms with E-state index in [4.69, 9.17) is 9.47 Å². The topological polar surface area (TPSA) is 35.5 Å². The number of carbonyl (C=O) groups excluding carboxylic acids is 1. The third-order valence-electron chi connectivity index (χ3n) is 4.64. The van der Waals surface area contributed by atoms with Crippen molar-refractivity contribution in [2.24, 2.45) is 0 Å². The second kappa shape index (κ2) is 8.66. The molecular formula is C17H30O3. The number of carbonyl (C=O) groups is 1. The van der Waals surface area contributed by atoms with Crippen LogP contribution in [-0.2, 0) is 14.3 Å². The first kappa shape index (κ1) is 15.8. The molecule has 0 spiro atoms. The molecule has 2 fully saturated rings. The number of esters is 1. The molecule has 2 aliphatic rings. The quantitative estimate of drug-likeness (QED) is 0.678. The van der Waals surface area contributed by atoms with Crippen molar-refractivity contribution in [3.05, 3.63) is 0 Å². The number of ether oxygens (including phenoxy) is 2. The Morgan fingerprint density at radius 1 is 0.950 bits per heavy atom. The predicted molar refractivity (Wildman–Crippen MR) is 79.6 cm³/mol. The maximum atomic E-state index is 12.0. The van der Waals surface area contributed by atoms with Crippen molar-refractivity contribution in [3.63, 3.8) is 0 Å². The highest BCUT2D eigenvalue weighted by molar-refractivity contribution is 5.70. The van der Waals surface area contributed by atoms with E-state index >= 15 is 0 Å². The molecule has 0 aromatic rings. The standard InChI is InChI=1S/C17H30O3/c1-2-14(19-15-9-5-3-6-10-15)13-17(18)20-16-11-7-4-8-12-16/h14-16H,2-13H2,1H3. The highest BCUT2D eigenvalue weighted by Crippen LogP contribution is 2.24. The molecule has 20 heavy (non-hydrogen) atoms. The Kier molecular flexibility index (Phi) is 6.85. The zero-order chi connectivity index (χ0) is 14.2. The van der Waals surface area contributed by atoms with E-state index in [0.29, 0.717) is 12.5 Å². The lowest BCUT2D eigenvalue weighted by atomic mass is 9.97. The normalized spacial score (nSPS) is 23.4. The minimum Gasteiger partial charge on any atom is -0.462 e. The number of hydrogen-bond acceptors (Lipinski definition) is 3. The van der Waals surface area contributed by atoms with E-state index in [1.165, 1.54) is 38.5 Å². The second-order valence-corrected chi connectivity index (χ2v) is 6.38. The summed E-state index contributed by atoms with van der Waals surface area (Å²) in [7, 11) is 0. The van der Waals surface area contributed by atoms with E-state index in [0.717, 1.165) is 32.1 Å². The summed E-state index contributed by atoms with van der Waals surface area (Å²) in [4.78, 5) is 12.0. The molecule has 1 atom stereocenters.